The van der Waals surface area contributed by atoms with Crippen molar-refractivity contribution >= 4 is 5.91 Å². The maximum Gasteiger partial charge on any atom is 0.256 e. The van der Waals surface area contributed by atoms with Gasteiger partial charge in [-0.3, -0.25) is 14.6 Å². The number of ether oxygens (including phenoxy) is 1. The monoisotopic (exact) mass is 373 g/mol. The number of piperidine rings is 1. The van der Waals surface area contributed by atoms with Gasteiger partial charge in [0.25, 0.3) is 5.91 Å². The second-order valence-corrected chi connectivity index (χ2v) is 7.58. The molecule has 3 rings (SSSR count). The molecule has 2 heterocycles. The van der Waals surface area contributed by atoms with Crippen LogP contribution in [0.2, 0.25) is 0 Å². The summed E-state index contributed by atoms with van der Waals surface area (Å²) in [6, 6.07) is 7.75. The zero-order chi connectivity index (χ0) is 19.3. The average Bonchev–Trinajstić information content (AvgIpc) is 2.68. The number of aliphatic hydroxyl groups is 1. The lowest BCUT2D eigenvalue weighted by Gasteiger charge is -2.43. The number of carbonyl (C=O) groups is 1. The molecule has 0 radical (unpaired) electrons. The normalized spacial score (nSPS) is 24.8. The van der Waals surface area contributed by atoms with Crippen molar-refractivity contribution < 1.29 is 14.6 Å². The quantitative estimate of drug-likeness (QED) is 0.732. The number of nitrogens with zero attached hydrogens (tertiary/aromatic N) is 3. The highest BCUT2D eigenvalue weighted by atomic mass is 16.5. The van der Waals surface area contributed by atoms with Crippen LogP contribution in [-0.2, 0) is 11.3 Å². The van der Waals surface area contributed by atoms with Gasteiger partial charge in [-0.25, -0.2) is 0 Å². The number of rotatable bonds is 7. The summed E-state index contributed by atoms with van der Waals surface area (Å²) in [7, 11) is 1.64. The summed E-state index contributed by atoms with van der Waals surface area (Å²) in [5.74, 6) is 0.634. The van der Waals surface area contributed by atoms with Crippen molar-refractivity contribution in [3.8, 4) is 5.75 Å². The molecule has 1 unspecified atom stereocenters. The number of hydrogen-bond acceptors (Lipinski definition) is 5. The second-order valence-electron chi connectivity index (χ2n) is 7.58. The molecule has 6 heteroatoms. The van der Waals surface area contributed by atoms with Crippen LogP contribution in [0.1, 0.15) is 18.4 Å². The van der Waals surface area contributed by atoms with Crippen LogP contribution in [0.15, 0.2) is 36.9 Å². The summed E-state index contributed by atoms with van der Waals surface area (Å²) in [4.78, 5) is 19.4. The number of methoxy groups -OCH3 is 1. The van der Waals surface area contributed by atoms with Gasteiger partial charge in [0, 0.05) is 52.4 Å². The van der Waals surface area contributed by atoms with Crippen LogP contribution < -0.4 is 4.74 Å². The number of β-amino-alcohol motifs (C(OH)–C–C–N with tert-alkyl or cyclic N) is 1. The van der Waals surface area contributed by atoms with Gasteiger partial charge < -0.3 is 14.7 Å². The van der Waals surface area contributed by atoms with Gasteiger partial charge in [-0.1, -0.05) is 18.2 Å². The number of hydrogen-bond donors (Lipinski definition) is 1. The number of carbonyl (C=O) groups excluding carboxylic acids is 1. The van der Waals surface area contributed by atoms with E-state index < -0.39 is 5.60 Å². The predicted octanol–water partition coefficient (Wildman–Crippen LogP) is 1.35. The zero-order valence-electron chi connectivity index (χ0n) is 16.3. The van der Waals surface area contributed by atoms with E-state index in [1.165, 1.54) is 0 Å². The molecule has 6 nitrogen and oxygen atoms in total. The fourth-order valence-electron chi connectivity index (χ4n) is 4.04. The third-order valence-corrected chi connectivity index (χ3v) is 5.55. The SMILES string of the molecule is C=CCN1CCN(CC2(O)CCCN(Cc3cccc(OC)c3)C2=O)CC1. The summed E-state index contributed by atoms with van der Waals surface area (Å²) in [6.45, 7) is 9.94. The Morgan fingerprint density at radius 3 is 2.67 bits per heavy atom. The standard InChI is InChI=1S/C21H31N3O3/c1-3-9-22-11-13-23(14-12-22)17-21(26)8-5-10-24(20(21)25)16-18-6-4-7-19(15-18)27-2/h3-4,6-7,15,26H,1,5,8-14,16-17H2,2H3. The molecule has 2 saturated heterocycles. The zero-order valence-corrected chi connectivity index (χ0v) is 16.3. The molecule has 148 valence electrons. The first-order valence-electron chi connectivity index (χ1n) is 9.74. The van der Waals surface area contributed by atoms with E-state index in [0.717, 1.165) is 50.5 Å². The summed E-state index contributed by atoms with van der Waals surface area (Å²) in [6.07, 6.45) is 3.28. The minimum absolute atomic E-state index is 0.148. The van der Waals surface area contributed by atoms with Gasteiger partial charge in [0.15, 0.2) is 5.60 Å². The third-order valence-electron chi connectivity index (χ3n) is 5.55. The van der Waals surface area contributed by atoms with Crippen molar-refractivity contribution in [2.24, 2.45) is 0 Å². The Morgan fingerprint density at radius 1 is 1.22 bits per heavy atom. The van der Waals surface area contributed by atoms with E-state index in [4.69, 9.17) is 4.74 Å². The fraction of sp³-hybridized carbons (Fsp3) is 0.571. The second kappa shape index (κ2) is 8.87. The maximum absolute atomic E-state index is 13.0. The van der Waals surface area contributed by atoms with Gasteiger partial charge >= 0.3 is 0 Å². The Hall–Kier alpha value is -1.89. The molecule has 2 aliphatic rings. The van der Waals surface area contributed by atoms with Crippen LogP contribution >= 0.6 is 0 Å². The summed E-state index contributed by atoms with van der Waals surface area (Å²) < 4.78 is 5.27. The molecule has 0 saturated carbocycles. The first-order valence-corrected chi connectivity index (χ1v) is 9.74. The molecule has 1 amide bonds. The molecule has 2 fully saturated rings. The topological polar surface area (TPSA) is 56.3 Å². The van der Waals surface area contributed by atoms with Crippen molar-refractivity contribution in [2.45, 2.75) is 25.0 Å². The first kappa shape index (κ1) is 19.9. The van der Waals surface area contributed by atoms with Gasteiger partial charge in [-0.05, 0) is 30.5 Å². The highest BCUT2D eigenvalue weighted by Crippen LogP contribution is 2.26. The Bertz CT molecular complexity index is 658. The van der Waals surface area contributed by atoms with Gasteiger partial charge in [-0.2, -0.15) is 0 Å². The van der Waals surface area contributed by atoms with Crippen molar-refractivity contribution in [2.75, 3.05) is 52.9 Å². The van der Waals surface area contributed by atoms with E-state index in [2.05, 4.69) is 16.4 Å². The van der Waals surface area contributed by atoms with Crippen LogP contribution in [0, 0.1) is 0 Å². The lowest BCUT2D eigenvalue weighted by molar-refractivity contribution is -0.160. The van der Waals surface area contributed by atoms with Gasteiger partial charge in [0.1, 0.15) is 5.75 Å². The van der Waals surface area contributed by atoms with Crippen molar-refractivity contribution in [3.05, 3.63) is 42.5 Å². The number of likely N-dealkylation sites (tertiary alicyclic amines) is 1. The van der Waals surface area contributed by atoms with Crippen LogP contribution in [0.5, 0.6) is 5.75 Å². The minimum Gasteiger partial charge on any atom is -0.497 e. The Morgan fingerprint density at radius 2 is 1.96 bits per heavy atom. The minimum atomic E-state index is -1.28. The maximum atomic E-state index is 13.0. The number of piperazine rings is 1. The van der Waals surface area contributed by atoms with Gasteiger partial charge in [0.05, 0.1) is 7.11 Å². The summed E-state index contributed by atoms with van der Waals surface area (Å²) in [5, 5.41) is 11.1. The molecule has 0 aliphatic carbocycles. The van der Waals surface area contributed by atoms with Crippen LogP contribution in [0.3, 0.4) is 0 Å². The van der Waals surface area contributed by atoms with Crippen LogP contribution in [0.25, 0.3) is 0 Å². The van der Waals surface area contributed by atoms with Crippen molar-refractivity contribution in [3.63, 3.8) is 0 Å². The van der Waals surface area contributed by atoms with Gasteiger partial charge in [0.2, 0.25) is 0 Å². The van der Waals surface area contributed by atoms with E-state index in [1.54, 1.807) is 12.0 Å². The average molecular weight is 373 g/mol. The molecule has 1 atom stereocenters. The smallest absolute Gasteiger partial charge is 0.256 e. The Balaban J connectivity index is 1.60. The van der Waals surface area contributed by atoms with Crippen LogP contribution in [0.4, 0.5) is 0 Å². The Labute approximate surface area is 162 Å². The predicted molar refractivity (Wildman–Crippen MR) is 106 cm³/mol. The number of benzene rings is 1. The van der Waals surface area contributed by atoms with E-state index >= 15 is 0 Å². The highest BCUT2D eigenvalue weighted by Gasteiger charge is 2.43. The summed E-state index contributed by atoms with van der Waals surface area (Å²) in [5.41, 5.74) is -0.262. The molecule has 0 aromatic heterocycles. The summed E-state index contributed by atoms with van der Waals surface area (Å²) >= 11 is 0. The molecular weight excluding hydrogens is 342 g/mol. The highest BCUT2D eigenvalue weighted by molar-refractivity contribution is 5.86. The first-order chi connectivity index (χ1) is 13.0. The molecule has 0 spiro atoms. The molecule has 1 aromatic carbocycles. The van der Waals surface area contributed by atoms with Crippen LogP contribution in [-0.4, -0.2) is 84.2 Å². The van der Waals surface area contributed by atoms with E-state index in [1.807, 2.05) is 30.3 Å². The Kier molecular flexibility index (Phi) is 6.52. The van der Waals surface area contributed by atoms with E-state index in [9.17, 15) is 9.90 Å². The van der Waals surface area contributed by atoms with Gasteiger partial charge in [-0.15, -0.1) is 6.58 Å². The largest absolute Gasteiger partial charge is 0.497 e. The molecule has 0 bridgehead atoms. The molecular formula is C21H31N3O3. The third kappa shape index (κ3) is 4.89. The van der Waals surface area contributed by atoms with Crippen molar-refractivity contribution in [1.82, 2.24) is 14.7 Å². The van der Waals surface area contributed by atoms with E-state index in [-0.39, 0.29) is 5.91 Å². The lowest BCUT2D eigenvalue weighted by atomic mass is 9.90. The molecule has 27 heavy (non-hydrogen) atoms. The fourth-order valence-corrected chi connectivity index (χ4v) is 4.04. The molecule has 2 aliphatic heterocycles. The number of amides is 1. The lowest BCUT2D eigenvalue weighted by Crippen LogP contribution is -2.60. The molecule has 1 N–H and O–H groups in total. The van der Waals surface area contributed by atoms with Crippen molar-refractivity contribution in [1.29, 1.82) is 0 Å². The van der Waals surface area contributed by atoms with E-state index in [0.29, 0.717) is 26.1 Å². The molecule has 1 aromatic rings.